The molecule has 1 atom stereocenters. The summed E-state index contributed by atoms with van der Waals surface area (Å²) in [7, 11) is 1.73. The number of benzene rings is 1. The lowest BCUT2D eigenvalue weighted by atomic mass is 10.0. The predicted molar refractivity (Wildman–Crippen MR) is 104 cm³/mol. The lowest BCUT2D eigenvalue weighted by molar-refractivity contribution is -0.135. The van der Waals surface area contributed by atoms with Gasteiger partial charge in [0.2, 0.25) is 17.8 Å². The third-order valence-electron chi connectivity index (χ3n) is 4.87. The summed E-state index contributed by atoms with van der Waals surface area (Å²) >= 11 is 0. The number of carbonyl (C=O) groups is 2. The molecule has 1 fully saturated rings. The molecule has 7 nitrogen and oxygen atoms in total. The maximum Gasteiger partial charge on any atom is 0.228 e. The van der Waals surface area contributed by atoms with Gasteiger partial charge in [-0.15, -0.1) is 0 Å². The fourth-order valence-electron chi connectivity index (χ4n) is 3.27. The Bertz CT molecular complexity index is 817. The molecule has 0 bridgehead atoms. The number of carbonyl (C=O) groups excluding carboxylic acids is 2. The average molecular weight is 367 g/mol. The van der Waals surface area contributed by atoms with Crippen molar-refractivity contribution in [1.29, 1.82) is 0 Å². The van der Waals surface area contributed by atoms with Crippen molar-refractivity contribution in [2.75, 3.05) is 24.2 Å². The average Bonchev–Trinajstić information content (AvgIpc) is 3.04. The third kappa shape index (κ3) is 4.24. The molecule has 142 valence electrons. The number of rotatable bonds is 5. The quantitative estimate of drug-likeness (QED) is 0.874. The van der Waals surface area contributed by atoms with Gasteiger partial charge in [0.15, 0.2) is 0 Å². The fourth-order valence-corrected chi connectivity index (χ4v) is 3.27. The summed E-state index contributed by atoms with van der Waals surface area (Å²) in [6, 6.07) is 7.98. The summed E-state index contributed by atoms with van der Waals surface area (Å²) in [5, 5.41) is 0. The number of nitrogens with two attached hydrogens (primary N) is 1. The Kier molecular flexibility index (Phi) is 5.39. The van der Waals surface area contributed by atoms with Crippen LogP contribution in [0.2, 0.25) is 0 Å². The molecule has 0 spiro atoms. The lowest BCUT2D eigenvalue weighted by Gasteiger charge is -2.21. The largest absolute Gasteiger partial charge is 0.368 e. The molecule has 7 heteroatoms. The van der Waals surface area contributed by atoms with E-state index in [2.05, 4.69) is 23.8 Å². The second-order valence-electron chi connectivity index (χ2n) is 7.30. The SMILES string of the molecule is CC(C)c1ccc(N2CC(C(=O)N(C)Cc3cnc(N)nc3)CC2=O)cc1. The normalized spacial score (nSPS) is 16.8. The second-order valence-corrected chi connectivity index (χ2v) is 7.30. The number of hydrogen-bond acceptors (Lipinski definition) is 5. The number of hydrogen-bond donors (Lipinski definition) is 1. The monoisotopic (exact) mass is 367 g/mol. The zero-order valence-corrected chi connectivity index (χ0v) is 15.9. The van der Waals surface area contributed by atoms with Crippen molar-refractivity contribution >= 4 is 23.5 Å². The van der Waals surface area contributed by atoms with Crippen LogP contribution in [0, 0.1) is 5.92 Å². The molecule has 1 aliphatic rings. The first-order chi connectivity index (χ1) is 12.8. The molecule has 1 saturated heterocycles. The van der Waals surface area contributed by atoms with E-state index in [1.54, 1.807) is 29.2 Å². The van der Waals surface area contributed by atoms with Gasteiger partial charge in [0.1, 0.15) is 0 Å². The highest BCUT2D eigenvalue weighted by molar-refractivity contribution is 6.00. The molecule has 0 aliphatic carbocycles. The van der Waals surface area contributed by atoms with Gasteiger partial charge in [-0.2, -0.15) is 0 Å². The van der Waals surface area contributed by atoms with Crippen LogP contribution in [0.4, 0.5) is 11.6 Å². The van der Waals surface area contributed by atoms with Crippen molar-refractivity contribution in [3.05, 3.63) is 47.8 Å². The molecule has 0 radical (unpaired) electrons. The van der Waals surface area contributed by atoms with Crippen LogP contribution < -0.4 is 10.6 Å². The number of amides is 2. The van der Waals surface area contributed by atoms with E-state index in [1.165, 1.54) is 5.56 Å². The van der Waals surface area contributed by atoms with E-state index in [1.807, 2.05) is 24.3 Å². The summed E-state index contributed by atoms with van der Waals surface area (Å²) in [6.07, 6.45) is 3.44. The highest BCUT2D eigenvalue weighted by Crippen LogP contribution is 2.28. The van der Waals surface area contributed by atoms with Crippen LogP contribution in [-0.2, 0) is 16.1 Å². The molecule has 0 saturated carbocycles. The Labute approximate surface area is 159 Å². The van der Waals surface area contributed by atoms with Crippen LogP contribution in [0.25, 0.3) is 0 Å². The number of anilines is 2. The first-order valence-corrected chi connectivity index (χ1v) is 9.07. The zero-order chi connectivity index (χ0) is 19.6. The van der Waals surface area contributed by atoms with Crippen LogP contribution >= 0.6 is 0 Å². The summed E-state index contributed by atoms with van der Waals surface area (Å²) in [4.78, 5) is 36.4. The standard InChI is InChI=1S/C20H25N5O2/c1-13(2)15-4-6-17(7-5-15)25-12-16(8-18(25)26)19(27)24(3)11-14-9-22-20(21)23-10-14/h4-7,9-10,13,16H,8,11-12H2,1-3H3,(H2,21,22,23). The van der Waals surface area contributed by atoms with E-state index in [0.29, 0.717) is 19.0 Å². The Morgan fingerprint density at radius 1 is 1.26 bits per heavy atom. The van der Waals surface area contributed by atoms with Crippen molar-refractivity contribution in [2.24, 2.45) is 5.92 Å². The highest BCUT2D eigenvalue weighted by Gasteiger charge is 2.36. The Hall–Kier alpha value is -2.96. The van der Waals surface area contributed by atoms with Gasteiger partial charge in [-0.25, -0.2) is 9.97 Å². The highest BCUT2D eigenvalue weighted by atomic mass is 16.2. The first-order valence-electron chi connectivity index (χ1n) is 9.07. The number of nitrogen functional groups attached to an aromatic ring is 1. The van der Waals surface area contributed by atoms with Crippen molar-refractivity contribution < 1.29 is 9.59 Å². The van der Waals surface area contributed by atoms with Crippen molar-refractivity contribution in [2.45, 2.75) is 32.7 Å². The maximum absolute atomic E-state index is 12.8. The lowest BCUT2D eigenvalue weighted by Crippen LogP contribution is -2.34. The summed E-state index contributed by atoms with van der Waals surface area (Å²) < 4.78 is 0. The van der Waals surface area contributed by atoms with Crippen LogP contribution in [0.3, 0.4) is 0 Å². The predicted octanol–water partition coefficient (Wildman–Crippen LogP) is 2.19. The van der Waals surface area contributed by atoms with Gasteiger partial charge in [-0.3, -0.25) is 9.59 Å². The summed E-state index contributed by atoms with van der Waals surface area (Å²) in [5.74, 6) is 0.222. The van der Waals surface area contributed by atoms with E-state index in [9.17, 15) is 9.59 Å². The molecule has 27 heavy (non-hydrogen) atoms. The van der Waals surface area contributed by atoms with Crippen molar-refractivity contribution in [3.8, 4) is 0 Å². The minimum atomic E-state index is -0.345. The summed E-state index contributed by atoms with van der Waals surface area (Å²) in [5.41, 5.74) is 8.35. The minimum absolute atomic E-state index is 0.0186. The molecule has 2 aromatic rings. The van der Waals surface area contributed by atoms with Gasteiger partial charge >= 0.3 is 0 Å². The van der Waals surface area contributed by atoms with Crippen LogP contribution in [0.5, 0.6) is 0 Å². The molecule has 2 amide bonds. The van der Waals surface area contributed by atoms with E-state index >= 15 is 0 Å². The molecule has 3 rings (SSSR count). The van der Waals surface area contributed by atoms with Gasteiger partial charge in [-0.05, 0) is 23.6 Å². The van der Waals surface area contributed by atoms with Crippen molar-refractivity contribution in [3.63, 3.8) is 0 Å². The van der Waals surface area contributed by atoms with E-state index in [4.69, 9.17) is 5.73 Å². The van der Waals surface area contributed by atoms with E-state index in [0.717, 1.165) is 11.3 Å². The Morgan fingerprint density at radius 2 is 1.89 bits per heavy atom. The maximum atomic E-state index is 12.8. The van der Waals surface area contributed by atoms with Crippen LogP contribution in [0.15, 0.2) is 36.7 Å². The van der Waals surface area contributed by atoms with Gasteiger partial charge < -0.3 is 15.5 Å². The Balaban J connectivity index is 1.65. The van der Waals surface area contributed by atoms with Gasteiger partial charge in [0, 0.05) is 50.2 Å². The van der Waals surface area contributed by atoms with Crippen LogP contribution in [0.1, 0.15) is 37.3 Å². The molecule has 1 unspecified atom stereocenters. The molecule has 1 aromatic heterocycles. The fraction of sp³-hybridized carbons (Fsp3) is 0.400. The van der Waals surface area contributed by atoms with Crippen molar-refractivity contribution in [1.82, 2.24) is 14.9 Å². The molecule has 1 aromatic carbocycles. The number of aromatic nitrogens is 2. The van der Waals surface area contributed by atoms with E-state index < -0.39 is 0 Å². The molecular formula is C20H25N5O2. The summed E-state index contributed by atoms with van der Waals surface area (Å²) in [6.45, 7) is 5.05. The minimum Gasteiger partial charge on any atom is -0.368 e. The Morgan fingerprint density at radius 3 is 2.48 bits per heavy atom. The molecular weight excluding hydrogens is 342 g/mol. The van der Waals surface area contributed by atoms with E-state index in [-0.39, 0.29) is 30.1 Å². The third-order valence-corrected chi connectivity index (χ3v) is 4.87. The topological polar surface area (TPSA) is 92.4 Å². The molecule has 1 aliphatic heterocycles. The smallest absolute Gasteiger partial charge is 0.228 e. The molecule has 2 heterocycles. The molecule has 2 N–H and O–H groups in total. The number of nitrogens with zero attached hydrogens (tertiary/aromatic N) is 4. The van der Waals surface area contributed by atoms with Gasteiger partial charge in [0.25, 0.3) is 0 Å². The van der Waals surface area contributed by atoms with Gasteiger partial charge in [0.05, 0.1) is 5.92 Å². The zero-order valence-electron chi connectivity index (χ0n) is 15.9. The van der Waals surface area contributed by atoms with Crippen LogP contribution in [-0.4, -0.2) is 40.3 Å². The van der Waals surface area contributed by atoms with Gasteiger partial charge in [-0.1, -0.05) is 26.0 Å². The first kappa shape index (κ1) is 18.8. The second kappa shape index (κ2) is 7.73.